The maximum Gasteiger partial charge on any atom is 0.416 e. The van der Waals surface area contributed by atoms with Gasteiger partial charge in [-0.05, 0) is 35.9 Å². The highest BCUT2D eigenvalue weighted by molar-refractivity contribution is 6.06. The molecule has 4 rings (SSSR count). The van der Waals surface area contributed by atoms with E-state index in [0.717, 1.165) is 36.2 Å². The highest BCUT2D eigenvalue weighted by atomic mass is 19.4. The summed E-state index contributed by atoms with van der Waals surface area (Å²) in [6.07, 6.45) is -1.07. The molecule has 10 heteroatoms. The SMILES string of the molecule is O=C(Nc1ccc(C(F)(F)F)cc1)Nc1c[nH]c2nccc(CN3CCOCC3)c12. The lowest BCUT2D eigenvalue weighted by molar-refractivity contribution is -0.137. The molecule has 0 atom stereocenters. The van der Waals surface area contributed by atoms with Gasteiger partial charge in [0.15, 0.2) is 0 Å². The number of amides is 2. The molecule has 2 amide bonds. The predicted molar refractivity (Wildman–Crippen MR) is 106 cm³/mol. The number of anilines is 2. The van der Waals surface area contributed by atoms with Gasteiger partial charge >= 0.3 is 12.2 Å². The first kappa shape index (κ1) is 20.2. The minimum Gasteiger partial charge on any atom is -0.379 e. The first-order valence-corrected chi connectivity index (χ1v) is 9.40. The molecule has 158 valence electrons. The van der Waals surface area contributed by atoms with E-state index < -0.39 is 17.8 Å². The number of aromatic amines is 1. The first-order chi connectivity index (χ1) is 14.4. The van der Waals surface area contributed by atoms with Crippen LogP contribution in [0.3, 0.4) is 0 Å². The minimum atomic E-state index is -4.42. The number of nitrogens with one attached hydrogen (secondary N) is 3. The quantitative estimate of drug-likeness (QED) is 0.596. The zero-order valence-electron chi connectivity index (χ0n) is 15.9. The van der Waals surface area contributed by atoms with Gasteiger partial charge in [-0.3, -0.25) is 4.90 Å². The Bertz CT molecular complexity index is 1030. The number of H-pyrrole nitrogens is 1. The standard InChI is InChI=1S/C20H20F3N5O2/c21-20(22,23)14-1-3-15(4-2-14)26-19(29)27-16-11-25-18-17(16)13(5-6-24-18)12-28-7-9-30-10-8-28/h1-6,11H,7-10,12H2,(H,24,25)(H2,26,27,29). The highest BCUT2D eigenvalue weighted by Crippen LogP contribution is 2.30. The van der Waals surface area contributed by atoms with E-state index in [0.29, 0.717) is 31.1 Å². The van der Waals surface area contributed by atoms with Crippen LogP contribution in [0.5, 0.6) is 0 Å². The molecule has 1 aliphatic heterocycles. The molecule has 0 saturated carbocycles. The second kappa shape index (κ2) is 8.33. The van der Waals surface area contributed by atoms with Crippen molar-refractivity contribution in [3.05, 3.63) is 53.9 Å². The van der Waals surface area contributed by atoms with E-state index in [4.69, 9.17) is 4.74 Å². The Morgan fingerprint density at radius 2 is 1.87 bits per heavy atom. The fourth-order valence-corrected chi connectivity index (χ4v) is 3.38. The van der Waals surface area contributed by atoms with Crippen LogP contribution < -0.4 is 10.6 Å². The number of halogens is 3. The van der Waals surface area contributed by atoms with Crippen LogP contribution in [0, 0.1) is 0 Å². The van der Waals surface area contributed by atoms with Gasteiger partial charge in [0, 0.05) is 43.1 Å². The summed E-state index contributed by atoms with van der Waals surface area (Å²) in [5.41, 5.74) is 1.68. The second-order valence-corrected chi connectivity index (χ2v) is 6.94. The Morgan fingerprint density at radius 1 is 1.13 bits per heavy atom. The Morgan fingerprint density at radius 3 is 2.57 bits per heavy atom. The van der Waals surface area contributed by atoms with E-state index >= 15 is 0 Å². The second-order valence-electron chi connectivity index (χ2n) is 6.94. The van der Waals surface area contributed by atoms with Gasteiger partial charge < -0.3 is 20.4 Å². The molecule has 30 heavy (non-hydrogen) atoms. The number of nitrogens with zero attached hydrogens (tertiary/aromatic N) is 2. The van der Waals surface area contributed by atoms with Crippen LogP contribution in [-0.4, -0.2) is 47.2 Å². The zero-order chi connectivity index (χ0) is 21.1. The van der Waals surface area contributed by atoms with Crippen LogP contribution in [0.25, 0.3) is 11.0 Å². The van der Waals surface area contributed by atoms with Crippen LogP contribution in [0.15, 0.2) is 42.7 Å². The molecule has 1 aromatic carbocycles. The van der Waals surface area contributed by atoms with Crippen molar-refractivity contribution < 1.29 is 22.7 Å². The van der Waals surface area contributed by atoms with E-state index in [2.05, 4.69) is 25.5 Å². The molecule has 0 aliphatic carbocycles. The number of carbonyl (C=O) groups excluding carboxylic acids is 1. The van der Waals surface area contributed by atoms with Crippen LogP contribution in [0.4, 0.5) is 29.3 Å². The molecule has 1 fully saturated rings. The van der Waals surface area contributed by atoms with Gasteiger partial charge in [-0.2, -0.15) is 13.2 Å². The number of carbonyl (C=O) groups is 1. The fraction of sp³-hybridized carbons (Fsp3) is 0.300. The average molecular weight is 419 g/mol. The van der Waals surface area contributed by atoms with Crippen molar-refractivity contribution >= 4 is 28.4 Å². The molecule has 0 spiro atoms. The summed E-state index contributed by atoms with van der Waals surface area (Å²) in [6, 6.07) is 5.62. The van der Waals surface area contributed by atoms with Gasteiger partial charge in [0.25, 0.3) is 0 Å². The van der Waals surface area contributed by atoms with Gasteiger partial charge in [0.2, 0.25) is 0 Å². The highest BCUT2D eigenvalue weighted by Gasteiger charge is 2.30. The summed E-state index contributed by atoms with van der Waals surface area (Å²) < 4.78 is 43.4. The van der Waals surface area contributed by atoms with Gasteiger partial charge in [-0.1, -0.05) is 0 Å². The van der Waals surface area contributed by atoms with Crippen LogP contribution in [0.2, 0.25) is 0 Å². The molecule has 3 heterocycles. The van der Waals surface area contributed by atoms with E-state index in [-0.39, 0.29) is 5.69 Å². The Balaban J connectivity index is 1.48. The number of aromatic nitrogens is 2. The summed E-state index contributed by atoms with van der Waals surface area (Å²) in [6.45, 7) is 3.70. The lowest BCUT2D eigenvalue weighted by atomic mass is 10.1. The third-order valence-corrected chi connectivity index (χ3v) is 4.88. The maximum absolute atomic E-state index is 12.7. The number of fused-ring (bicyclic) bond motifs is 1. The van der Waals surface area contributed by atoms with Crippen LogP contribution >= 0.6 is 0 Å². The molecule has 2 aromatic heterocycles. The van der Waals surface area contributed by atoms with Crippen molar-refractivity contribution in [2.45, 2.75) is 12.7 Å². The monoisotopic (exact) mass is 419 g/mol. The molecule has 0 unspecified atom stereocenters. The number of alkyl halides is 3. The van der Waals surface area contributed by atoms with Crippen LogP contribution in [0.1, 0.15) is 11.1 Å². The zero-order valence-corrected chi connectivity index (χ0v) is 15.9. The third kappa shape index (κ3) is 4.55. The molecular weight excluding hydrogens is 399 g/mol. The van der Waals surface area contributed by atoms with Gasteiger partial charge in [-0.25, -0.2) is 9.78 Å². The summed E-state index contributed by atoms with van der Waals surface area (Å²) in [5.74, 6) is 0. The van der Waals surface area contributed by atoms with Crippen LogP contribution in [-0.2, 0) is 17.5 Å². The lowest BCUT2D eigenvalue weighted by Gasteiger charge is -2.26. The molecule has 3 N–H and O–H groups in total. The smallest absolute Gasteiger partial charge is 0.379 e. The number of pyridine rings is 1. The van der Waals surface area contributed by atoms with Crippen molar-refractivity contribution in [2.24, 2.45) is 0 Å². The van der Waals surface area contributed by atoms with Crippen molar-refractivity contribution in [2.75, 3.05) is 36.9 Å². The Labute approximate surface area is 170 Å². The molecule has 1 saturated heterocycles. The summed E-state index contributed by atoms with van der Waals surface area (Å²) in [4.78, 5) is 22.0. The molecule has 0 bridgehead atoms. The number of benzene rings is 1. The number of hydrogen-bond acceptors (Lipinski definition) is 4. The maximum atomic E-state index is 12.7. The van der Waals surface area contributed by atoms with E-state index in [9.17, 15) is 18.0 Å². The Hall–Kier alpha value is -3.11. The van der Waals surface area contributed by atoms with Crippen molar-refractivity contribution in [1.82, 2.24) is 14.9 Å². The van der Waals surface area contributed by atoms with Gasteiger partial charge in [0.1, 0.15) is 5.65 Å². The minimum absolute atomic E-state index is 0.256. The molecule has 7 nitrogen and oxygen atoms in total. The van der Waals surface area contributed by atoms with E-state index in [1.54, 1.807) is 12.4 Å². The van der Waals surface area contributed by atoms with Gasteiger partial charge in [-0.15, -0.1) is 0 Å². The molecule has 1 aliphatic rings. The predicted octanol–water partition coefficient (Wildman–Crippen LogP) is 4.06. The average Bonchev–Trinajstić information content (AvgIpc) is 3.12. The number of ether oxygens (including phenoxy) is 1. The summed E-state index contributed by atoms with van der Waals surface area (Å²) >= 11 is 0. The summed E-state index contributed by atoms with van der Waals surface area (Å²) in [5, 5.41) is 6.09. The molecular formula is C20H20F3N5O2. The molecule has 3 aromatic rings. The number of morpholine rings is 1. The first-order valence-electron chi connectivity index (χ1n) is 9.40. The van der Waals surface area contributed by atoms with Gasteiger partial charge in [0.05, 0.1) is 24.5 Å². The van der Waals surface area contributed by atoms with Crippen molar-refractivity contribution in [3.8, 4) is 0 Å². The fourth-order valence-electron chi connectivity index (χ4n) is 3.38. The van der Waals surface area contributed by atoms with Crippen molar-refractivity contribution in [3.63, 3.8) is 0 Å². The topological polar surface area (TPSA) is 82.3 Å². The summed E-state index contributed by atoms with van der Waals surface area (Å²) in [7, 11) is 0. The lowest BCUT2D eigenvalue weighted by Crippen LogP contribution is -2.35. The number of rotatable bonds is 4. The van der Waals surface area contributed by atoms with E-state index in [1.807, 2.05) is 6.07 Å². The van der Waals surface area contributed by atoms with E-state index in [1.165, 1.54) is 12.1 Å². The normalized spacial score (nSPS) is 15.3. The molecule has 0 radical (unpaired) electrons. The third-order valence-electron chi connectivity index (χ3n) is 4.88. The van der Waals surface area contributed by atoms with Crippen molar-refractivity contribution in [1.29, 1.82) is 0 Å². The Kier molecular flexibility index (Phi) is 5.60. The number of urea groups is 1. The number of hydrogen-bond donors (Lipinski definition) is 3. The largest absolute Gasteiger partial charge is 0.416 e.